The van der Waals surface area contributed by atoms with Gasteiger partial charge in [0, 0.05) is 0 Å². The van der Waals surface area contributed by atoms with E-state index in [-0.39, 0.29) is 11.3 Å². The molecule has 5 heteroatoms. The van der Waals surface area contributed by atoms with Gasteiger partial charge in [0.15, 0.2) is 0 Å². The summed E-state index contributed by atoms with van der Waals surface area (Å²) in [5.74, 6) is -0.922. The fourth-order valence-electron chi connectivity index (χ4n) is 1.91. The van der Waals surface area contributed by atoms with Crippen LogP contribution in [0.1, 0.15) is 28.5 Å². The highest BCUT2D eigenvalue weighted by molar-refractivity contribution is 5.88. The minimum absolute atomic E-state index is 0.0877. The Kier molecular flexibility index (Phi) is 3.06. The van der Waals surface area contributed by atoms with E-state index in [1.165, 1.54) is 10.9 Å². The van der Waals surface area contributed by atoms with Crippen molar-refractivity contribution < 1.29 is 15.0 Å². The summed E-state index contributed by atoms with van der Waals surface area (Å²) in [4.78, 5) is 11.0. The first kappa shape index (κ1) is 12.2. The lowest BCUT2D eigenvalue weighted by molar-refractivity contribution is 0.0695. The number of carbonyl (C=O) groups is 1. The number of hydrogen-bond acceptors (Lipinski definition) is 3. The Morgan fingerprint density at radius 3 is 2.72 bits per heavy atom. The first-order valence-electron chi connectivity index (χ1n) is 5.64. The molecule has 1 aromatic carbocycles. The molecule has 1 heterocycles. The standard InChI is InChI=1S/C13H14N2O3/c1-3-10-9(13(17)18)7-14-15(10)11-5-4-8(2)6-12(11)16/h4-7,16H,3H2,1-2H3,(H,17,18). The van der Waals surface area contributed by atoms with Gasteiger partial charge in [-0.25, -0.2) is 9.48 Å². The van der Waals surface area contributed by atoms with E-state index >= 15 is 0 Å². The zero-order valence-corrected chi connectivity index (χ0v) is 10.2. The number of aromatic nitrogens is 2. The number of hydrogen-bond donors (Lipinski definition) is 2. The van der Waals surface area contributed by atoms with Crippen LogP contribution in [0.3, 0.4) is 0 Å². The van der Waals surface area contributed by atoms with E-state index in [1.54, 1.807) is 12.1 Å². The molecule has 0 fully saturated rings. The minimum atomic E-state index is -1.01. The molecule has 0 saturated heterocycles. The highest BCUT2D eigenvalue weighted by Gasteiger charge is 2.17. The quantitative estimate of drug-likeness (QED) is 0.870. The van der Waals surface area contributed by atoms with Gasteiger partial charge in [0.1, 0.15) is 17.0 Å². The van der Waals surface area contributed by atoms with Gasteiger partial charge in [-0.05, 0) is 31.0 Å². The van der Waals surface area contributed by atoms with Gasteiger partial charge in [0.25, 0.3) is 0 Å². The van der Waals surface area contributed by atoms with E-state index in [0.29, 0.717) is 17.8 Å². The summed E-state index contributed by atoms with van der Waals surface area (Å²) in [7, 11) is 0. The predicted molar refractivity (Wildman–Crippen MR) is 66.3 cm³/mol. The maximum atomic E-state index is 11.0. The van der Waals surface area contributed by atoms with Crippen LogP contribution in [0.25, 0.3) is 5.69 Å². The van der Waals surface area contributed by atoms with E-state index in [4.69, 9.17) is 5.11 Å². The van der Waals surface area contributed by atoms with Gasteiger partial charge < -0.3 is 10.2 Å². The Labute approximate surface area is 104 Å². The Morgan fingerprint density at radius 1 is 1.44 bits per heavy atom. The number of phenols is 1. The van der Waals surface area contributed by atoms with Crippen LogP contribution in [0.4, 0.5) is 0 Å². The van der Waals surface area contributed by atoms with E-state index < -0.39 is 5.97 Å². The van der Waals surface area contributed by atoms with Crippen molar-refractivity contribution in [2.75, 3.05) is 0 Å². The average molecular weight is 246 g/mol. The molecule has 0 atom stereocenters. The topological polar surface area (TPSA) is 75.3 Å². The second-order valence-corrected chi connectivity index (χ2v) is 4.07. The van der Waals surface area contributed by atoms with Crippen molar-refractivity contribution in [2.45, 2.75) is 20.3 Å². The Bertz CT molecular complexity index is 602. The summed E-state index contributed by atoms with van der Waals surface area (Å²) in [6.45, 7) is 3.72. The van der Waals surface area contributed by atoms with Crippen LogP contribution in [-0.2, 0) is 6.42 Å². The molecule has 0 saturated carbocycles. The second-order valence-electron chi connectivity index (χ2n) is 4.07. The number of phenolic OH excluding ortho intramolecular Hbond substituents is 1. The summed E-state index contributed by atoms with van der Waals surface area (Å²) in [6, 6.07) is 5.19. The molecule has 0 aliphatic carbocycles. The molecule has 0 radical (unpaired) electrons. The van der Waals surface area contributed by atoms with Crippen molar-refractivity contribution in [3.05, 3.63) is 41.2 Å². The molecule has 2 rings (SSSR count). The van der Waals surface area contributed by atoms with Gasteiger partial charge in [-0.1, -0.05) is 13.0 Å². The number of rotatable bonds is 3. The molecule has 94 valence electrons. The number of carboxylic acids is 1. The Morgan fingerprint density at radius 2 is 2.17 bits per heavy atom. The summed E-state index contributed by atoms with van der Waals surface area (Å²) in [6.07, 6.45) is 1.83. The highest BCUT2D eigenvalue weighted by atomic mass is 16.4. The maximum Gasteiger partial charge on any atom is 0.339 e. The molecule has 5 nitrogen and oxygen atoms in total. The van der Waals surface area contributed by atoms with Crippen LogP contribution in [0.15, 0.2) is 24.4 Å². The third-order valence-corrected chi connectivity index (χ3v) is 2.79. The SMILES string of the molecule is CCc1c(C(=O)O)cnn1-c1ccc(C)cc1O. The summed E-state index contributed by atoms with van der Waals surface area (Å²) < 4.78 is 1.47. The number of carboxylic acid groups (broad SMARTS) is 1. The van der Waals surface area contributed by atoms with Crippen LogP contribution in [0.5, 0.6) is 5.75 Å². The Hall–Kier alpha value is -2.30. The minimum Gasteiger partial charge on any atom is -0.506 e. The maximum absolute atomic E-state index is 11.0. The molecule has 2 aromatic rings. The second kappa shape index (κ2) is 4.52. The van der Waals surface area contributed by atoms with Crippen molar-refractivity contribution >= 4 is 5.97 Å². The van der Waals surface area contributed by atoms with E-state index in [1.807, 2.05) is 19.9 Å². The van der Waals surface area contributed by atoms with Gasteiger partial charge in [-0.2, -0.15) is 5.10 Å². The van der Waals surface area contributed by atoms with Crippen LogP contribution in [0, 0.1) is 6.92 Å². The van der Waals surface area contributed by atoms with E-state index in [2.05, 4.69) is 5.10 Å². The van der Waals surface area contributed by atoms with Gasteiger partial charge in [0.2, 0.25) is 0 Å². The van der Waals surface area contributed by atoms with Gasteiger partial charge in [-0.3, -0.25) is 0 Å². The molecule has 2 N–H and O–H groups in total. The third-order valence-electron chi connectivity index (χ3n) is 2.79. The van der Waals surface area contributed by atoms with Crippen molar-refractivity contribution in [2.24, 2.45) is 0 Å². The van der Waals surface area contributed by atoms with E-state index in [0.717, 1.165) is 5.56 Å². The summed E-state index contributed by atoms with van der Waals surface area (Å²) in [5.41, 5.74) is 2.16. The molecular weight excluding hydrogens is 232 g/mol. The number of aromatic hydroxyl groups is 1. The summed E-state index contributed by atoms with van der Waals surface area (Å²) >= 11 is 0. The molecule has 0 spiro atoms. The lowest BCUT2D eigenvalue weighted by Crippen LogP contribution is -2.05. The number of aromatic carboxylic acids is 1. The van der Waals surface area contributed by atoms with Gasteiger partial charge in [-0.15, -0.1) is 0 Å². The van der Waals surface area contributed by atoms with Crippen molar-refractivity contribution in [1.29, 1.82) is 0 Å². The zero-order valence-electron chi connectivity index (χ0n) is 10.2. The van der Waals surface area contributed by atoms with Crippen molar-refractivity contribution in [1.82, 2.24) is 9.78 Å². The largest absolute Gasteiger partial charge is 0.506 e. The molecular formula is C13H14N2O3. The van der Waals surface area contributed by atoms with Crippen molar-refractivity contribution in [3.8, 4) is 11.4 Å². The Balaban J connectivity index is 2.60. The molecule has 0 unspecified atom stereocenters. The number of benzene rings is 1. The smallest absolute Gasteiger partial charge is 0.339 e. The molecule has 18 heavy (non-hydrogen) atoms. The fourth-order valence-corrected chi connectivity index (χ4v) is 1.91. The third kappa shape index (κ3) is 1.95. The lowest BCUT2D eigenvalue weighted by atomic mass is 10.2. The lowest BCUT2D eigenvalue weighted by Gasteiger charge is -2.09. The van der Waals surface area contributed by atoms with Crippen molar-refractivity contribution in [3.63, 3.8) is 0 Å². The van der Waals surface area contributed by atoms with E-state index in [9.17, 15) is 9.90 Å². The fraction of sp³-hybridized carbons (Fsp3) is 0.231. The molecule has 0 amide bonds. The molecule has 0 aliphatic rings. The van der Waals surface area contributed by atoms with Crippen LogP contribution < -0.4 is 0 Å². The van der Waals surface area contributed by atoms with Crippen LogP contribution in [0.2, 0.25) is 0 Å². The number of aryl methyl sites for hydroxylation is 1. The van der Waals surface area contributed by atoms with Crippen LogP contribution in [-0.4, -0.2) is 26.0 Å². The van der Waals surface area contributed by atoms with Gasteiger partial charge >= 0.3 is 5.97 Å². The number of nitrogens with zero attached hydrogens (tertiary/aromatic N) is 2. The monoisotopic (exact) mass is 246 g/mol. The van der Waals surface area contributed by atoms with Crippen LogP contribution >= 0.6 is 0 Å². The molecule has 1 aromatic heterocycles. The first-order valence-corrected chi connectivity index (χ1v) is 5.64. The predicted octanol–water partition coefficient (Wildman–Crippen LogP) is 2.15. The van der Waals surface area contributed by atoms with Gasteiger partial charge in [0.05, 0.1) is 11.9 Å². The molecule has 0 bridgehead atoms. The normalized spacial score (nSPS) is 10.6. The average Bonchev–Trinajstić information content (AvgIpc) is 2.72. The molecule has 0 aliphatic heterocycles. The highest BCUT2D eigenvalue weighted by Crippen LogP contribution is 2.25. The first-order chi connectivity index (χ1) is 8.54. The summed E-state index contributed by atoms with van der Waals surface area (Å²) in [5, 5.41) is 23.0. The zero-order chi connectivity index (χ0) is 13.3.